The van der Waals surface area contributed by atoms with Crippen LogP contribution in [0.25, 0.3) is 0 Å². The van der Waals surface area contributed by atoms with Crippen LogP contribution in [0.15, 0.2) is 112 Å². The van der Waals surface area contributed by atoms with Crippen LogP contribution < -0.4 is 10.1 Å². The number of nitrogens with one attached hydrogen (secondary N) is 1. The number of nitrogens with zero attached hydrogens (tertiary/aromatic N) is 1. The van der Waals surface area contributed by atoms with Crippen molar-refractivity contribution in [1.82, 2.24) is 4.31 Å². The molecule has 0 spiro atoms. The molecule has 6 nitrogen and oxygen atoms in total. The topological polar surface area (TPSA) is 75.7 Å². The molecule has 0 atom stereocenters. The molecule has 0 saturated carbocycles. The van der Waals surface area contributed by atoms with Crippen LogP contribution in [-0.4, -0.2) is 31.7 Å². The van der Waals surface area contributed by atoms with Crippen molar-refractivity contribution in [3.8, 4) is 11.5 Å². The standard InChI is InChI=1S/C28H24BrClN2O4S/c29-22-11-14-25(15-12-22)37(34,35)32(18-17-21-7-3-1-4-8-21)20-28(33)31-26-19-23(30)13-16-27(26)36-24-9-5-2-6-10-24/h1-16,19H,17-18,20H2,(H,31,33). The van der Waals surface area contributed by atoms with Gasteiger partial charge in [-0.25, -0.2) is 8.42 Å². The number of benzene rings is 4. The zero-order chi connectivity index (χ0) is 26.3. The van der Waals surface area contributed by atoms with Crippen LogP contribution in [-0.2, 0) is 21.2 Å². The number of sulfonamides is 1. The fourth-order valence-electron chi connectivity index (χ4n) is 3.59. The number of anilines is 1. The number of para-hydroxylation sites is 1. The van der Waals surface area contributed by atoms with Gasteiger partial charge in [0.25, 0.3) is 0 Å². The van der Waals surface area contributed by atoms with Crippen molar-refractivity contribution < 1.29 is 17.9 Å². The van der Waals surface area contributed by atoms with Crippen molar-refractivity contribution in [3.63, 3.8) is 0 Å². The van der Waals surface area contributed by atoms with Crippen LogP contribution in [0.4, 0.5) is 5.69 Å². The highest BCUT2D eigenvalue weighted by Gasteiger charge is 2.27. The summed E-state index contributed by atoms with van der Waals surface area (Å²) in [5.41, 5.74) is 1.30. The van der Waals surface area contributed by atoms with E-state index >= 15 is 0 Å². The van der Waals surface area contributed by atoms with Gasteiger partial charge in [-0.15, -0.1) is 0 Å². The Morgan fingerprint density at radius 3 is 2.22 bits per heavy atom. The number of rotatable bonds is 10. The Morgan fingerprint density at radius 2 is 1.54 bits per heavy atom. The molecule has 0 aliphatic heterocycles. The molecule has 0 aromatic heterocycles. The molecule has 0 radical (unpaired) electrons. The van der Waals surface area contributed by atoms with Crippen LogP contribution in [0.3, 0.4) is 0 Å². The highest BCUT2D eigenvalue weighted by atomic mass is 79.9. The average Bonchev–Trinajstić information content (AvgIpc) is 2.89. The molecule has 0 saturated heterocycles. The lowest BCUT2D eigenvalue weighted by Gasteiger charge is -2.22. The SMILES string of the molecule is O=C(CN(CCc1ccccc1)S(=O)(=O)c1ccc(Br)cc1)Nc1cc(Cl)ccc1Oc1ccccc1. The summed E-state index contributed by atoms with van der Waals surface area (Å²) >= 11 is 9.50. The Labute approximate surface area is 230 Å². The normalized spacial score (nSPS) is 11.3. The first-order valence-corrected chi connectivity index (χ1v) is 14.0. The minimum Gasteiger partial charge on any atom is -0.455 e. The number of halogens is 2. The average molecular weight is 600 g/mol. The maximum Gasteiger partial charge on any atom is 0.243 e. The molecule has 1 N–H and O–H groups in total. The van der Waals surface area contributed by atoms with Gasteiger partial charge in [0.05, 0.1) is 17.1 Å². The predicted octanol–water partition coefficient (Wildman–Crippen LogP) is 6.77. The summed E-state index contributed by atoms with van der Waals surface area (Å²) in [4.78, 5) is 13.3. The smallest absolute Gasteiger partial charge is 0.243 e. The van der Waals surface area contributed by atoms with Crippen molar-refractivity contribution in [2.45, 2.75) is 11.3 Å². The van der Waals surface area contributed by atoms with E-state index in [0.717, 1.165) is 10.0 Å². The minimum atomic E-state index is -3.95. The van der Waals surface area contributed by atoms with E-state index in [-0.39, 0.29) is 18.0 Å². The lowest BCUT2D eigenvalue weighted by molar-refractivity contribution is -0.116. The van der Waals surface area contributed by atoms with Crippen LogP contribution in [0.5, 0.6) is 11.5 Å². The maximum absolute atomic E-state index is 13.5. The number of hydrogen-bond acceptors (Lipinski definition) is 4. The van der Waals surface area contributed by atoms with E-state index in [1.807, 2.05) is 48.5 Å². The van der Waals surface area contributed by atoms with E-state index in [2.05, 4.69) is 21.2 Å². The number of carbonyl (C=O) groups is 1. The van der Waals surface area contributed by atoms with E-state index in [4.69, 9.17) is 16.3 Å². The lowest BCUT2D eigenvalue weighted by atomic mass is 10.1. The molecule has 37 heavy (non-hydrogen) atoms. The number of hydrogen-bond donors (Lipinski definition) is 1. The molecule has 0 unspecified atom stereocenters. The molecule has 190 valence electrons. The maximum atomic E-state index is 13.5. The Bertz CT molecular complexity index is 1450. The molecule has 1 amide bonds. The van der Waals surface area contributed by atoms with Crippen molar-refractivity contribution in [3.05, 3.63) is 118 Å². The molecule has 0 bridgehead atoms. The van der Waals surface area contributed by atoms with Crippen LogP contribution >= 0.6 is 27.5 Å². The second kappa shape index (κ2) is 12.4. The molecule has 0 fully saturated rings. The summed E-state index contributed by atoms with van der Waals surface area (Å²) in [5.74, 6) is 0.451. The fraction of sp³-hybridized carbons (Fsp3) is 0.107. The van der Waals surface area contributed by atoms with Gasteiger partial charge < -0.3 is 10.1 Å². The highest BCUT2D eigenvalue weighted by molar-refractivity contribution is 9.10. The predicted molar refractivity (Wildman–Crippen MR) is 150 cm³/mol. The van der Waals surface area contributed by atoms with Gasteiger partial charge in [0.1, 0.15) is 5.75 Å². The first-order chi connectivity index (χ1) is 17.8. The van der Waals surface area contributed by atoms with Crippen molar-refractivity contribution in [2.75, 3.05) is 18.4 Å². The van der Waals surface area contributed by atoms with Crippen molar-refractivity contribution in [1.29, 1.82) is 0 Å². The molecule has 4 rings (SSSR count). The van der Waals surface area contributed by atoms with Gasteiger partial charge in [-0.1, -0.05) is 76.1 Å². The summed E-state index contributed by atoms with van der Waals surface area (Å²) in [6.45, 7) is -0.263. The number of ether oxygens (including phenoxy) is 1. The molecule has 0 heterocycles. The van der Waals surface area contributed by atoms with Gasteiger partial charge in [0.2, 0.25) is 15.9 Å². The lowest BCUT2D eigenvalue weighted by Crippen LogP contribution is -2.39. The van der Waals surface area contributed by atoms with E-state index < -0.39 is 15.9 Å². The van der Waals surface area contributed by atoms with E-state index in [0.29, 0.717) is 28.6 Å². The third kappa shape index (κ3) is 7.42. The van der Waals surface area contributed by atoms with E-state index in [1.165, 1.54) is 16.4 Å². The molecule has 4 aromatic carbocycles. The second-order valence-corrected chi connectivity index (χ2v) is 11.4. The van der Waals surface area contributed by atoms with E-state index in [1.54, 1.807) is 42.5 Å². The molecule has 0 aliphatic rings. The van der Waals surface area contributed by atoms with Crippen molar-refractivity contribution >= 4 is 49.1 Å². The Kier molecular flexibility index (Phi) is 9.00. The Hall–Kier alpha value is -3.17. The largest absolute Gasteiger partial charge is 0.455 e. The van der Waals surface area contributed by atoms with Gasteiger partial charge >= 0.3 is 0 Å². The van der Waals surface area contributed by atoms with Gasteiger partial charge in [-0.05, 0) is 66.6 Å². The zero-order valence-electron chi connectivity index (χ0n) is 19.7. The minimum absolute atomic E-state index is 0.104. The summed E-state index contributed by atoms with van der Waals surface area (Å²) < 4.78 is 34.9. The summed E-state index contributed by atoms with van der Waals surface area (Å²) in [6, 6.07) is 29.8. The van der Waals surface area contributed by atoms with Crippen LogP contribution in [0.1, 0.15) is 5.56 Å². The molecular formula is C28H24BrClN2O4S. The van der Waals surface area contributed by atoms with E-state index in [9.17, 15) is 13.2 Å². The summed E-state index contributed by atoms with van der Waals surface area (Å²) in [5, 5.41) is 3.17. The quantitative estimate of drug-likeness (QED) is 0.218. The second-order valence-electron chi connectivity index (χ2n) is 8.13. The first-order valence-electron chi connectivity index (χ1n) is 11.4. The summed E-state index contributed by atoms with van der Waals surface area (Å²) in [7, 11) is -3.95. The number of carbonyl (C=O) groups excluding carboxylic acids is 1. The highest BCUT2D eigenvalue weighted by Crippen LogP contribution is 2.32. The molecular weight excluding hydrogens is 576 g/mol. The van der Waals surface area contributed by atoms with Crippen LogP contribution in [0, 0.1) is 0 Å². The molecule has 4 aromatic rings. The van der Waals surface area contributed by atoms with Crippen molar-refractivity contribution in [2.24, 2.45) is 0 Å². The van der Waals surface area contributed by atoms with Gasteiger partial charge in [-0.2, -0.15) is 4.31 Å². The Balaban J connectivity index is 1.56. The van der Waals surface area contributed by atoms with Gasteiger partial charge in [0.15, 0.2) is 5.75 Å². The van der Waals surface area contributed by atoms with Crippen LogP contribution in [0.2, 0.25) is 5.02 Å². The number of amides is 1. The molecule has 9 heteroatoms. The summed E-state index contributed by atoms with van der Waals surface area (Å²) in [6.07, 6.45) is 0.448. The van der Waals surface area contributed by atoms with Gasteiger partial charge in [-0.3, -0.25) is 4.79 Å². The first kappa shape index (κ1) is 26.9. The fourth-order valence-corrected chi connectivity index (χ4v) is 5.43. The van der Waals surface area contributed by atoms with Gasteiger partial charge in [0, 0.05) is 16.0 Å². The molecule has 0 aliphatic carbocycles. The monoisotopic (exact) mass is 598 g/mol. The third-order valence-corrected chi connectivity index (χ3v) is 8.07. The Morgan fingerprint density at radius 1 is 0.892 bits per heavy atom. The zero-order valence-corrected chi connectivity index (χ0v) is 22.8. The third-order valence-electron chi connectivity index (χ3n) is 5.45.